The molecule has 160 valence electrons. The van der Waals surface area contributed by atoms with Gasteiger partial charge < -0.3 is 5.32 Å². The third-order valence-electron chi connectivity index (χ3n) is 4.72. The fourth-order valence-corrected chi connectivity index (χ4v) is 4.13. The number of nitrogens with zero attached hydrogens (tertiary/aromatic N) is 1. The molecule has 0 spiro atoms. The first-order valence-electron chi connectivity index (χ1n) is 9.33. The van der Waals surface area contributed by atoms with Gasteiger partial charge in [-0.1, -0.05) is 23.8 Å². The van der Waals surface area contributed by atoms with Crippen LogP contribution in [0, 0.1) is 30.9 Å². The topological polar surface area (TPSA) is 118 Å². The molecule has 0 saturated heterocycles. The zero-order valence-corrected chi connectivity index (χ0v) is 18.0. The van der Waals surface area contributed by atoms with E-state index < -0.39 is 20.9 Å². The average Bonchev–Trinajstić information content (AvgIpc) is 2.70. The minimum absolute atomic E-state index is 0.0384. The van der Waals surface area contributed by atoms with Crippen molar-refractivity contribution in [3.05, 3.63) is 93.0 Å². The first kappa shape index (κ1) is 22.0. The van der Waals surface area contributed by atoms with Crippen LogP contribution in [-0.2, 0) is 10.0 Å². The molecule has 8 nitrogen and oxygen atoms in total. The Labute approximate surface area is 180 Å². The Morgan fingerprint density at radius 3 is 2.19 bits per heavy atom. The van der Waals surface area contributed by atoms with Gasteiger partial charge in [-0.2, -0.15) is 0 Å². The molecule has 0 fully saturated rings. The summed E-state index contributed by atoms with van der Waals surface area (Å²) in [6.07, 6.45) is 0. The zero-order chi connectivity index (χ0) is 22.8. The molecule has 1 amide bonds. The third kappa shape index (κ3) is 5.07. The lowest BCUT2D eigenvalue weighted by molar-refractivity contribution is -0.385. The first-order valence-corrected chi connectivity index (χ1v) is 10.8. The number of nitrogens with one attached hydrogen (secondary N) is 2. The maximum absolute atomic E-state index is 12.7. The van der Waals surface area contributed by atoms with E-state index in [0.29, 0.717) is 16.9 Å². The van der Waals surface area contributed by atoms with Crippen LogP contribution < -0.4 is 10.0 Å². The van der Waals surface area contributed by atoms with Crippen molar-refractivity contribution >= 4 is 33.0 Å². The molecule has 31 heavy (non-hydrogen) atoms. The van der Waals surface area contributed by atoms with Gasteiger partial charge in [-0.15, -0.1) is 0 Å². The van der Waals surface area contributed by atoms with E-state index in [-0.39, 0.29) is 16.1 Å². The molecule has 0 radical (unpaired) electrons. The normalized spacial score (nSPS) is 11.1. The minimum atomic E-state index is -3.80. The van der Waals surface area contributed by atoms with Crippen LogP contribution in [-0.4, -0.2) is 19.2 Å². The highest BCUT2D eigenvalue weighted by molar-refractivity contribution is 7.92. The van der Waals surface area contributed by atoms with E-state index in [1.165, 1.54) is 42.5 Å². The summed E-state index contributed by atoms with van der Waals surface area (Å²) in [6.45, 7) is 5.33. The molecule has 3 aromatic rings. The molecule has 0 aliphatic rings. The summed E-state index contributed by atoms with van der Waals surface area (Å²) in [5, 5.41) is 13.7. The summed E-state index contributed by atoms with van der Waals surface area (Å²) >= 11 is 0. The van der Waals surface area contributed by atoms with Gasteiger partial charge in [-0.05, 0) is 62.7 Å². The van der Waals surface area contributed by atoms with Crippen LogP contribution in [0.4, 0.5) is 17.1 Å². The highest BCUT2D eigenvalue weighted by Gasteiger charge is 2.17. The Balaban J connectivity index is 1.76. The number of nitro benzene ring substituents is 1. The Morgan fingerprint density at radius 2 is 1.58 bits per heavy atom. The maximum atomic E-state index is 12.7. The highest BCUT2D eigenvalue weighted by Crippen LogP contribution is 2.23. The van der Waals surface area contributed by atoms with E-state index >= 15 is 0 Å². The number of sulfonamides is 1. The van der Waals surface area contributed by atoms with Crippen molar-refractivity contribution < 1.29 is 18.1 Å². The van der Waals surface area contributed by atoms with Gasteiger partial charge in [0, 0.05) is 22.9 Å². The van der Waals surface area contributed by atoms with Crippen molar-refractivity contribution in [1.29, 1.82) is 0 Å². The van der Waals surface area contributed by atoms with Crippen LogP contribution in [0.25, 0.3) is 0 Å². The van der Waals surface area contributed by atoms with Gasteiger partial charge in [0.15, 0.2) is 0 Å². The summed E-state index contributed by atoms with van der Waals surface area (Å²) in [5.41, 5.74) is 3.12. The molecule has 0 aliphatic heterocycles. The Hall–Kier alpha value is -3.72. The molecule has 0 atom stereocenters. The summed E-state index contributed by atoms with van der Waals surface area (Å²) in [5.74, 6) is -0.535. The molecular formula is C22H21N3O5S. The summed E-state index contributed by atoms with van der Waals surface area (Å²) < 4.78 is 27.9. The predicted octanol–water partition coefficient (Wildman–Crippen LogP) is 4.57. The highest BCUT2D eigenvalue weighted by atomic mass is 32.2. The first-order chi connectivity index (χ1) is 14.6. The number of amides is 1. The van der Waals surface area contributed by atoms with Crippen molar-refractivity contribution in [2.75, 3.05) is 10.0 Å². The van der Waals surface area contributed by atoms with Crippen LogP contribution >= 0.6 is 0 Å². The van der Waals surface area contributed by atoms with Crippen LogP contribution in [0.3, 0.4) is 0 Å². The van der Waals surface area contributed by atoms with E-state index in [9.17, 15) is 23.3 Å². The van der Waals surface area contributed by atoms with Crippen molar-refractivity contribution in [1.82, 2.24) is 0 Å². The quantitative estimate of drug-likeness (QED) is 0.431. The lowest BCUT2D eigenvalue weighted by Gasteiger charge is -2.12. The number of carbonyl (C=O) groups is 1. The van der Waals surface area contributed by atoms with E-state index in [1.807, 2.05) is 26.0 Å². The zero-order valence-electron chi connectivity index (χ0n) is 17.2. The second-order valence-electron chi connectivity index (χ2n) is 7.16. The Kier molecular flexibility index (Phi) is 6.07. The number of hydrogen-bond acceptors (Lipinski definition) is 5. The molecule has 0 saturated carbocycles. The standard InChI is InChI=1S/C22H21N3O5S/c1-14-4-11-20(16(3)12-14)24-31(29,30)19-9-7-18(8-10-19)23-22(26)17-6-5-15(2)21(13-17)25(27)28/h4-13,24H,1-3H3,(H,23,26). The molecule has 3 rings (SSSR count). The number of nitro groups is 1. The van der Waals surface area contributed by atoms with Crippen LogP contribution in [0.15, 0.2) is 65.6 Å². The second kappa shape index (κ2) is 8.57. The fourth-order valence-electron chi connectivity index (χ4n) is 3.00. The Morgan fingerprint density at radius 1 is 0.903 bits per heavy atom. The van der Waals surface area contributed by atoms with E-state index in [1.54, 1.807) is 13.0 Å². The van der Waals surface area contributed by atoms with Gasteiger partial charge in [-0.25, -0.2) is 8.42 Å². The maximum Gasteiger partial charge on any atom is 0.273 e. The molecule has 9 heteroatoms. The number of hydrogen-bond donors (Lipinski definition) is 2. The molecular weight excluding hydrogens is 418 g/mol. The van der Waals surface area contributed by atoms with Crippen LogP contribution in [0.5, 0.6) is 0 Å². The van der Waals surface area contributed by atoms with Crippen molar-refractivity contribution in [2.24, 2.45) is 0 Å². The van der Waals surface area contributed by atoms with Gasteiger partial charge in [0.05, 0.1) is 15.5 Å². The van der Waals surface area contributed by atoms with E-state index in [0.717, 1.165) is 11.1 Å². The summed E-state index contributed by atoms with van der Waals surface area (Å²) in [7, 11) is -3.80. The molecule has 0 aliphatic carbocycles. The van der Waals surface area contributed by atoms with Gasteiger partial charge in [0.1, 0.15) is 0 Å². The van der Waals surface area contributed by atoms with Crippen LogP contribution in [0.2, 0.25) is 0 Å². The molecule has 0 heterocycles. The van der Waals surface area contributed by atoms with Gasteiger partial charge in [-0.3, -0.25) is 19.6 Å². The van der Waals surface area contributed by atoms with Crippen molar-refractivity contribution in [2.45, 2.75) is 25.7 Å². The van der Waals surface area contributed by atoms with E-state index in [2.05, 4.69) is 10.0 Å². The third-order valence-corrected chi connectivity index (χ3v) is 6.10. The van der Waals surface area contributed by atoms with E-state index in [4.69, 9.17) is 0 Å². The smallest absolute Gasteiger partial charge is 0.273 e. The molecule has 2 N–H and O–H groups in total. The average molecular weight is 439 g/mol. The lowest BCUT2D eigenvalue weighted by atomic mass is 10.1. The van der Waals surface area contributed by atoms with Crippen LogP contribution in [0.1, 0.15) is 27.0 Å². The largest absolute Gasteiger partial charge is 0.322 e. The SMILES string of the molecule is Cc1ccc(NS(=O)(=O)c2ccc(NC(=O)c3ccc(C)c([N+](=O)[O-])c3)cc2)c(C)c1. The van der Waals surface area contributed by atoms with Crippen molar-refractivity contribution in [3.63, 3.8) is 0 Å². The molecule has 0 bridgehead atoms. The number of rotatable bonds is 6. The van der Waals surface area contributed by atoms with Gasteiger partial charge >= 0.3 is 0 Å². The number of aryl methyl sites for hydroxylation is 3. The Bertz CT molecular complexity index is 1270. The predicted molar refractivity (Wildman–Crippen MR) is 119 cm³/mol. The number of anilines is 2. The summed E-state index contributed by atoms with van der Waals surface area (Å²) in [6, 6.07) is 15.3. The fraction of sp³-hybridized carbons (Fsp3) is 0.136. The molecule has 0 unspecified atom stereocenters. The van der Waals surface area contributed by atoms with Gasteiger partial charge in [0.25, 0.3) is 21.6 Å². The van der Waals surface area contributed by atoms with Crippen molar-refractivity contribution in [3.8, 4) is 0 Å². The number of carbonyl (C=O) groups excluding carboxylic acids is 1. The number of benzene rings is 3. The second-order valence-corrected chi connectivity index (χ2v) is 8.84. The monoisotopic (exact) mass is 439 g/mol. The lowest BCUT2D eigenvalue weighted by Crippen LogP contribution is -2.15. The van der Waals surface area contributed by atoms with Gasteiger partial charge in [0.2, 0.25) is 0 Å². The molecule has 3 aromatic carbocycles. The summed E-state index contributed by atoms with van der Waals surface area (Å²) in [4.78, 5) is 23.0. The molecule has 0 aromatic heterocycles. The minimum Gasteiger partial charge on any atom is -0.322 e.